The van der Waals surface area contributed by atoms with Gasteiger partial charge in [0.15, 0.2) is 17.3 Å². The van der Waals surface area contributed by atoms with Crippen LogP contribution >= 0.6 is 0 Å². The van der Waals surface area contributed by atoms with Crippen LogP contribution < -0.4 is 0 Å². The van der Waals surface area contributed by atoms with Gasteiger partial charge in [0.1, 0.15) is 0 Å². The minimum atomic E-state index is -0.444. The molecule has 7 heteroatoms. The molecule has 0 aliphatic heterocycles. The molecule has 7 nitrogen and oxygen atoms in total. The normalized spacial score (nSPS) is 10.7. The quantitative estimate of drug-likeness (QED) is 0.691. The van der Waals surface area contributed by atoms with Crippen LogP contribution in [0.25, 0.3) is 11.6 Å². The fourth-order valence-corrected chi connectivity index (χ4v) is 2.28. The first-order valence-corrected chi connectivity index (χ1v) is 7.32. The molecule has 0 saturated carbocycles. The van der Waals surface area contributed by atoms with Crippen molar-refractivity contribution in [3.63, 3.8) is 0 Å². The van der Waals surface area contributed by atoms with Crippen molar-refractivity contribution < 1.29 is 9.53 Å². The molecule has 0 spiro atoms. The first-order valence-electron chi connectivity index (χ1n) is 7.32. The molecule has 3 aromatic heterocycles. The fourth-order valence-electron chi connectivity index (χ4n) is 2.28. The molecule has 0 aromatic carbocycles. The highest BCUT2D eigenvalue weighted by Gasteiger charge is 2.12. The predicted molar refractivity (Wildman–Crippen MR) is 83.9 cm³/mol. The highest BCUT2D eigenvalue weighted by Crippen LogP contribution is 2.12. The van der Waals surface area contributed by atoms with Crippen LogP contribution in [0.5, 0.6) is 0 Å². The molecule has 0 N–H and O–H groups in total. The molecule has 118 valence electrons. The summed E-state index contributed by atoms with van der Waals surface area (Å²) in [5.74, 6) is 0.854. The van der Waals surface area contributed by atoms with Crippen molar-refractivity contribution in [1.82, 2.24) is 24.5 Å². The molecule has 0 saturated heterocycles. The van der Waals surface area contributed by atoms with E-state index in [1.54, 1.807) is 28.6 Å². The summed E-state index contributed by atoms with van der Waals surface area (Å²) in [6, 6.07) is 9.16. The Morgan fingerprint density at radius 3 is 2.65 bits per heavy atom. The number of hydrogen-bond donors (Lipinski definition) is 0. The molecular formula is C16H17N5O2. The Labute approximate surface area is 133 Å². The molecule has 3 rings (SSSR count). The third-order valence-corrected chi connectivity index (χ3v) is 3.25. The third kappa shape index (κ3) is 2.98. The Kier molecular flexibility index (Phi) is 3.92. The SMILES string of the molecule is CCOC(=O)c1ccn(-c2cccc(-n3nc(C)cc3C)n2)n1. The van der Waals surface area contributed by atoms with E-state index in [-0.39, 0.29) is 5.69 Å². The molecule has 0 aliphatic carbocycles. The number of rotatable bonds is 4. The summed E-state index contributed by atoms with van der Waals surface area (Å²) in [6.07, 6.45) is 1.68. The van der Waals surface area contributed by atoms with Gasteiger partial charge in [-0.25, -0.2) is 19.1 Å². The van der Waals surface area contributed by atoms with Crippen LogP contribution in [-0.4, -0.2) is 37.1 Å². The maximum Gasteiger partial charge on any atom is 0.358 e. The van der Waals surface area contributed by atoms with E-state index in [0.29, 0.717) is 18.2 Å². The Balaban J connectivity index is 1.94. The van der Waals surface area contributed by atoms with Crippen molar-refractivity contribution in [3.05, 3.63) is 53.6 Å². The van der Waals surface area contributed by atoms with E-state index < -0.39 is 5.97 Å². The van der Waals surface area contributed by atoms with Gasteiger partial charge < -0.3 is 4.74 Å². The summed E-state index contributed by atoms with van der Waals surface area (Å²) in [5.41, 5.74) is 2.18. The average Bonchev–Trinajstić information content (AvgIpc) is 3.14. The van der Waals surface area contributed by atoms with Crippen molar-refractivity contribution in [3.8, 4) is 11.6 Å². The molecule has 0 fully saturated rings. The maximum absolute atomic E-state index is 11.7. The second kappa shape index (κ2) is 6.04. The second-order valence-corrected chi connectivity index (χ2v) is 5.06. The number of aromatic nitrogens is 5. The number of esters is 1. The molecule has 0 amide bonds. The first kappa shape index (κ1) is 15.0. The molecule has 3 aromatic rings. The summed E-state index contributed by atoms with van der Waals surface area (Å²) in [7, 11) is 0. The van der Waals surface area contributed by atoms with Crippen LogP contribution in [0.4, 0.5) is 0 Å². The van der Waals surface area contributed by atoms with Gasteiger partial charge in [-0.05, 0) is 45.0 Å². The Morgan fingerprint density at radius 1 is 1.17 bits per heavy atom. The van der Waals surface area contributed by atoms with E-state index in [2.05, 4.69) is 15.2 Å². The molecule has 0 unspecified atom stereocenters. The number of carbonyl (C=O) groups is 1. The third-order valence-electron chi connectivity index (χ3n) is 3.25. The lowest BCUT2D eigenvalue weighted by Crippen LogP contribution is -2.08. The van der Waals surface area contributed by atoms with Crippen molar-refractivity contribution >= 4 is 5.97 Å². The number of pyridine rings is 1. The van der Waals surface area contributed by atoms with Gasteiger partial charge in [0.2, 0.25) is 0 Å². The molecule has 3 heterocycles. The minimum absolute atomic E-state index is 0.255. The van der Waals surface area contributed by atoms with E-state index in [0.717, 1.165) is 11.4 Å². The maximum atomic E-state index is 11.7. The monoisotopic (exact) mass is 311 g/mol. The van der Waals surface area contributed by atoms with Gasteiger partial charge in [-0.1, -0.05) is 6.07 Å². The number of ether oxygens (including phenoxy) is 1. The van der Waals surface area contributed by atoms with Crippen LogP contribution in [-0.2, 0) is 4.74 Å². The summed E-state index contributed by atoms with van der Waals surface area (Å²) in [5, 5.41) is 8.63. The highest BCUT2D eigenvalue weighted by molar-refractivity contribution is 5.87. The number of hydrogen-bond acceptors (Lipinski definition) is 5. The molecule has 0 bridgehead atoms. The number of nitrogens with zero attached hydrogens (tertiary/aromatic N) is 5. The summed E-state index contributed by atoms with van der Waals surface area (Å²) >= 11 is 0. The Bertz CT molecular complexity index is 850. The molecule has 23 heavy (non-hydrogen) atoms. The lowest BCUT2D eigenvalue weighted by atomic mass is 10.4. The lowest BCUT2D eigenvalue weighted by molar-refractivity contribution is 0.0519. The standard InChI is InChI=1S/C16H17N5O2/c1-4-23-16(22)13-8-9-20(19-13)14-6-5-7-15(17-14)21-12(3)10-11(2)18-21/h5-10H,4H2,1-3H3. The van der Waals surface area contributed by atoms with E-state index in [1.807, 2.05) is 38.1 Å². The van der Waals surface area contributed by atoms with Gasteiger partial charge in [-0.2, -0.15) is 10.2 Å². The largest absolute Gasteiger partial charge is 0.461 e. The molecule has 0 atom stereocenters. The second-order valence-electron chi connectivity index (χ2n) is 5.06. The topological polar surface area (TPSA) is 74.8 Å². The van der Waals surface area contributed by atoms with Crippen molar-refractivity contribution in [1.29, 1.82) is 0 Å². The molecular weight excluding hydrogens is 294 g/mol. The summed E-state index contributed by atoms with van der Waals surface area (Å²) < 4.78 is 8.25. The van der Waals surface area contributed by atoms with E-state index >= 15 is 0 Å². The van der Waals surface area contributed by atoms with Crippen LogP contribution in [0, 0.1) is 13.8 Å². The van der Waals surface area contributed by atoms with Gasteiger partial charge in [0, 0.05) is 11.9 Å². The van der Waals surface area contributed by atoms with Gasteiger partial charge >= 0.3 is 5.97 Å². The van der Waals surface area contributed by atoms with Gasteiger partial charge in [-0.3, -0.25) is 0 Å². The van der Waals surface area contributed by atoms with Crippen molar-refractivity contribution in [2.24, 2.45) is 0 Å². The number of carbonyl (C=O) groups excluding carboxylic acids is 1. The van der Waals surface area contributed by atoms with Crippen LogP contribution in [0.2, 0.25) is 0 Å². The molecule has 0 aliphatic rings. The average molecular weight is 311 g/mol. The minimum Gasteiger partial charge on any atom is -0.461 e. The zero-order chi connectivity index (χ0) is 16.4. The Hall–Kier alpha value is -2.96. The van der Waals surface area contributed by atoms with Gasteiger partial charge in [0.25, 0.3) is 0 Å². The van der Waals surface area contributed by atoms with Crippen LogP contribution in [0.15, 0.2) is 36.5 Å². The predicted octanol–water partition coefficient (Wildman–Crippen LogP) is 2.25. The van der Waals surface area contributed by atoms with E-state index in [4.69, 9.17) is 4.74 Å². The van der Waals surface area contributed by atoms with Crippen molar-refractivity contribution in [2.75, 3.05) is 6.61 Å². The smallest absolute Gasteiger partial charge is 0.358 e. The van der Waals surface area contributed by atoms with Gasteiger partial charge in [0.05, 0.1) is 12.3 Å². The summed E-state index contributed by atoms with van der Waals surface area (Å²) in [6.45, 7) is 5.99. The zero-order valence-electron chi connectivity index (χ0n) is 13.2. The van der Waals surface area contributed by atoms with Gasteiger partial charge in [-0.15, -0.1) is 0 Å². The van der Waals surface area contributed by atoms with E-state index in [9.17, 15) is 4.79 Å². The van der Waals surface area contributed by atoms with E-state index in [1.165, 1.54) is 0 Å². The van der Waals surface area contributed by atoms with Crippen molar-refractivity contribution in [2.45, 2.75) is 20.8 Å². The summed E-state index contributed by atoms with van der Waals surface area (Å²) in [4.78, 5) is 16.2. The van der Waals surface area contributed by atoms with Crippen LogP contribution in [0.3, 0.4) is 0 Å². The number of aryl methyl sites for hydroxylation is 2. The molecule has 0 radical (unpaired) electrons. The zero-order valence-corrected chi connectivity index (χ0v) is 13.2. The lowest BCUT2D eigenvalue weighted by Gasteiger charge is -2.06. The first-order chi connectivity index (χ1) is 11.1. The Morgan fingerprint density at radius 2 is 1.96 bits per heavy atom. The highest BCUT2D eigenvalue weighted by atomic mass is 16.5. The fraction of sp³-hybridized carbons (Fsp3) is 0.250. The van der Waals surface area contributed by atoms with Crippen LogP contribution in [0.1, 0.15) is 28.8 Å².